The molecule has 408 valence electrons. The van der Waals surface area contributed by atoms with Gasteiger partial charge in [-0.1, -0.05) is 187 Å². The van der Waals surface area contributed by atoms with E-state index in [-0.39, 0.29) is 40.7 Å². The SMILES string of the molecule is C/C=C/C=C/c1ccc(N=Nc2c(O)c(C(=O)Nc3cccc([N+](=O)[O-])c3)cc3ccc4c5ccccc5[nH]c4c23)cc1.Cc1ccc(/C=C/C=C/c2ccc(N=Nc3c(O)c(CONc4ccccc4Cl)cc4ccccc34)cc2)cc1. The lowest BCUT2D eigenvalue weighted by atomic mass is 10.00. The van der Waals surface area contributed by atoms with Crippen molar-refractivity contribution in [3.05, 3.63) is 273 Å². The van der Waals surface area contributed by atoms with Crippen LogP contribution < -0.4 is 10.8 Å². The van der Waals surface area contributed by atoms with Crippen LogP contribution in [0.5, 0.6) is 11.5 Å². The highest BCUT2D eigenvalue weighted by Gasteiger charge is 2.22. The van der Waals surface area contributed by atoms with Crippen LogP contribution in [0.15, 0.2) is 245 Å². The fourth-order valence-electron chi connectivity index (χ4n) is 9.08. The fourth-order valence-corrected chi connectivity index (χ4v) is 9.25. The maximum atomic E-state index is 13.4. The molecule has 0 radical (unpaired) electrons. The molecule has 5 N–H and O–H groups in total. The van der Waals surface area contributed by atoms with Gasteiger partial charge in [-0.05, 0) is 102 Å². The summed E-state index contributed by atoms with van der Waals surface area (Å²) in [6, 6.07) is 59.3. The number of anilines is 2. The van der Waals surface area contributed by atoms with Gasteiger partial charge in [-0.25, -0.2) is 0 Å². The molecule has 0 saturated carbocycles. The summed E-state index contributed by atoms with van der Waals surface area (Å²) in [5.74, 6) is -0.995. The Morgan fingerprint density at radius 1 is 0.627 bits per heavy atom. The van der Waals surface area contributed by atoms with Crippen LogP contribution >= 0.6 is 11.6 Å². The Balaban J connectivity index is 0.000000186. The lowest BCUT2D eigenvalue weighted by Gasteiger charge is -2.12. The van der Waals surface area contributed by atoms with E-state index in [1.165, 1.54) is 29.8 Å². The van der Waals surface area contributed by atoms with E-state index >= 15 is 0 Å². The van der Waals surface area contributed by atoms with Gasteiger partial charge in [0.2, 0.25) is 0 Å². The van der Waals surface area contributed by atoms with E-state index in [0.29, 0.717) is 44.1 Å². The predicted molar refractivity (Wildman–Crippen MR) is 336 cm³/mol. The molecule has 0 aliphatic rings. The molecule has 1 heterocycles. The zero-order chi connectivity index (χ0) is 57.7. The number of hydrogen-bond donors (Lipinski definition) is 5. The van der Waals surface area contributed by atoms with Gasteiger partial charge in [-0.2, -0.15) is 10.2 Å². The zero-order valence-corrected chi connectivity index (χ0v) is 45.7. The number of nitro groups is 1. The van der Waals surface area contributed by atoms with Gasteiger partial charge in [0.25, 0.3) is 11.6 Å². The lowest BCUT2D eigenvalue weighted by molar-refractivity contribution is -0.384. The number of carbonyl (C=O) groups excluding carboxylic acids is 1. The number of halogens is 1. The minimum atomic E-state index is -0.648. The van der Waals surface area contributed by atoms with Crippen LogP contribution in [-0.2, 0) is 11.4 Å². The number of rotatable bonds is 16. The molecule has 83 heavy (non-hydrogen) atoms. The summed E-state index contributed by atoms with van der Waals surface area (Å²) in [6.07, 6.45) is 15.9. The maximum absolute atomic E-state index is 13.4. The second-order valence-corrected chi connectivity index (χ2v) is 19.5. The molecule has 0 saturated heterocycles. The van der Waals surface area contributed by atoms with Gasteiger partial charge in [-0.15, -0.1) is 10.2 Å². The van der Waals surface area contributed by atoms with Crippen LogP contribution in [0.1, 0.15) is 45.1 Å². The number of aromatic amines is 1. The number of allylic oxidation sites excluding steroid dienone is 5. The number of nitrogens with zero attached hydrogens (tertiary/aromatic N) is 5. The monoisotopic (exact) mass is 1110 g/mol. The lowest BCUT2D eigenvalue weighted by Crippen LogP contribution is -2.12. The number of benzene rings is 10. The average molecular weight is 1110 g/mol. The number of hydrogen-bond acceptors (Lipinski definition) is 11. The molecular weight excluding hydrogens is 1060 g/mol. The first-order valence-electron chi connectivity index (χ1n) is 26.3. The Bertz CT molecular complexity index is 4380. The number of phenolic OH excluding ortho intramolecular Hbond substituents is 2. The maximum Gasteiger partial charge on any atom is 0.271 e. The number of phenols is 2. The van der Waals surface area contributed by atoms with Crippen molar-refractivity contribution in [1.29, 1.82) is 0 Å². The molecule has 0 bridgehead atoms. The van der Waals surface area contributed by atoms with Gasteiger partial charge in [-0.3, -0.25) is 25.2 Å². The standard InChI is InChI=1S/C34H28ClN3O2.C34H25N5O4/c1-24-14-16-25(17-15-24)8-2-3-9-26-18-20-29(21-19-26)36-37-33-30-11-5-4-10-27(30)22-28(34(33)39)23-40-38-32-13-7-6-12-31(32)35;1-2-3-4-8-21-13-16-23(17-14-21)37-38-32-30-22(15-18-27-26-11-5-6-12-29(26)36-31(27)30)19-28(33(32)40)34(41)35-24-9-7-10-25(20-24)39(42)43/h2-22,38-39H,23H2,1H3;2-20,36,40H,1H3,(H,35,41)/b8-2+,9-3+,37-36?;3-2+,8-4+,38-37?. The number of para-hydroxylation sites is 2. The van der Waals surface area contributed by atoms with Crippen molar-refractivity contribution in [2.24, 2.45) is 20.5 Å². The number of aromatic hydroxyl groups is 2. The van der Waals surface area contributed by atoms with Gasteiger partial charge in [0.15, 0.2) is 5.75 Å². The van der Waals surface area contributed by atoms with E-state index in [4.69, 9.17) is 16.4 Å². The molecule has 0 fully saturated rings. The number of non-ortho nitro benzene ring substituents is 1. The number of fused-ring (bicyclic) bond motifs is 6. The fraction of sp³-hybridized carbons (Fsp3) is 0.0441. The minimum Gasteiger partial charge on any atom is -0.505 e. The topological polar surface area (TPSA) is 199 Å². The number of H-pyrrole nitrogens is 1. The largest absolute Gasteiger partial charge is 0.505 e. The van der Waals surface area contributed by atoms with Crippen LogP contribution in [-0.4, -0.2) is 26.0 Å². The number of carbonyl (C=O) groups is 1. The molecule has 0 atom stereocenters. The van der Waals surface area contributed by atoms with Crippen molar-refractivity contribution in [3.8, 4) is 11.5 Å². The van der Waals surface area contributed by atoms with Crippen molar-refractivity contribution in [3.63, 3.8) is 0 Å². The molecule has 11 aromatic rings. The number of aromatic nitrogens is 1. The number of nitrogens with one attached hydrogen (secondary N) is 3. The molecule has 0 spiro atoms. The van der Waals surface area contributed by atoms with Crippen molar-refractivity contribution in [2.45, 2.75) is 20.5 Å². The molecule has 14 nitrogen and oxygen atoms in total. The molecule has 0 aliphatic heterocycles. The van der Waals surface area contributed by atoms with Crippen molar-refractivity contribution < 1.29 is 24.8 Å². The molecule has 0 unspecified atom stereocenters. The van der Waals surface area contributed by atoms with Crippen molar-refractivity contribution in [1.82, 2.24) is 4.98 Å². The number of nitro benzene ring substituents is 1. The third kappa shape index (κ3) is 13.5. The first kappa shape index (κ1) is 55.5. The molecule has 15 heteroatoms. The summed E-state index contributed by atoms with van der Waals surface area (Å²) in [5, 5.41) is 59.6. The van der Waals surface area contributed by atoms with Gasteiger partial charge in [0.05, 0.1) is 38.1 Å². The van der Waals surface area contributed by atoms with Crippen LogP contribution in [0.25, 0.3) is 61.6 Å². The summed E-state index contributed by atoms with van der Waals surface area (Å²) in [6.45, 7) is 4.13. The Morgan fingerprint density at radius 2 is 1.24 bits per heavy atom. The van der Waals surface area contributed by atoms with Crippen molar-refractivity contribution in [2.75, 3.05) is 10.8 Å². The van der Waals surface area contributed by atoms with Gasteiger partial charge in [0, 0.05) is 50.4 Å². The minimum absolute atomic E-state index is 0.0170. The highest BCUT2D eigenvalue weighted by Crippen LogP contribution is 2.45. The first-order valence-corrected chi connectivity index (χ1v) is 26.7. The van der Waals surface area contributed by atoms with Crippen molar-refractivity contribution >= 4 is 119 Å². The Kier molecular flexibility index (Phi) is 17.4. The molecule has 1 aromatic heterocycles. The van der Waals surface area contributed by atoms with E-state index in [1.807, 2.05) is 183 Å². The van der Waals surface area contributed by atoms with E-state index in [1.54, 1.807) is 12.1 Å². The summed E-state index contributed by atoms with van der Waals surface area (Å²) >= 11 is 6.18. The van der Waals surface area contributed by atoms with Gasteiger partial charge >= 0.3 is 0 Å². The van der Waals surface area contributed by atoms with Crippen LogP contribution in [0.4, 0.5) is 39.8 Å². The van der Waals surface area contributed by atoms with E-state index in [2.05, 4.69) is 73.5 Å². The molecule has 1 amide bonds. The van der Waals surface area contributed by atoms with Gasteiger partial charge in [0.1, 0.15) is 23.7 Å². The normalized spacial score (nSPS) is 11.8. The second kappa shape index (κ2) is 26.0. The number of azo groups is 2. The third-order valence-electron chi connectivity index (χ3n) is 13.3. The van der Waals surface area contributed by atoms with E-state index < -0.39 is 10.8 Å². The molecule has 0 aliphatic carbocycles. The smallest absolute Gasteiger partial charge is 0.271 e. The first-order chi connectivity index (χ1) is 40.5. The summed E-state index contributed by atoms with van der Waals surface area (Å²) in [5.41, 5.74) is 11.9. The second-order valence-electron chi connectivity index (χ2n) is 19.1. The quantitative estimate of drug-likeness (QED) is 0.0274. The van der Waals surface area contributed by atoms with E-state index in [9.17, 15) is 25.1 Å². The summed E-state index contributed by atoms with van der Waals surface area (Å²) in [4.78, 5) is 33.1. The highest BCUT2D eigenvalue weighted by atomic mass is 35.5. The Morgan fingerprint density at radius 3 is 1.92 bits per heavy atom. The van der Waals surface area contributed by atoms with Crippen LogP contribution in [0, 0.1) is 17.0 Å². The Hall–Kier alpha value is -10.8. The summed E-state index contributed by atoms with van der Waals surface area (Å²) in [7, 11) is 0. The third-order valence-corrected chi connectivity index (χ3v) is 13.7. The highest BCUT2D eigenvalue weighted by molar-refractivity contribution is 6.33. The molecular formula is C68H53ClN8O6. The van der Waals surface area contributed by atoms with Gasteiger partial charge < -0.3 is 20.5 Å². The number of aryl methyl sites for hydroxylation is 1. The predicted octanol–water partition coefficient (Wildman–Crippen LogP) is 19.5. The van der Waals surface area contributed by atoms with E-state index in [0.717, 1.165) is 49.3 Å². The molecule has 11 rings (SSSR count). The summed E-state index contributed by atoms with van der Waals surface area (Å²) < 4.78 is 0. The number of amides is 1. The Labute approximate surface area is 482 Å². The zero-order valence-electron chi connectivity index (χ0n) is 44.9. The molecule has 10 aromatic carbocycles. The van der Waals surface area contributed by atoms with Crippen LogP contribution in [0.3, 0.4) is 0 Å². The average Bonchev–Trinajstić information content (AvgIpc) is 4.14. The van der Waals surface area contributed by atoms with Crippen LogP contribution in [0.2, 0.25) is 5.02 Å².